The van der Waals surface area contributed by atoms with E-state index in [0.717, 1.165) is 17.8 Å². The van der Waals surface area contributed by atoms with Gasteiger partial charge in [-0.2, -0.15) is 0 Å². The van der Waals surface area contributed by atoms with E-state index in [1.54, 1.807) is 0 Å². The summed E-state index contributed by atoms with van der Waals surface area (Å²) in [7, 11) is 0. The van der Waals surface area contributed by atoms with Crippen LogP contribution in [0.2, 0.25) is 0 Å². The molecule has 0 spiro atoms. The third-order valence-electron chi connectivity index (χ3n) is 5.36. The Balaban J connectivity index is 1.93. The second kappa shape index (κ2) is 4.66. The van der Waals surface area contributed by atoms with Crippen molar-refractivity contribution in [1.82, 2.24) is 0 Å². The zero-order valence-corrected chi connectivity index (χ0v) is 12.7. The SMILES string of the molecule is CCC(=O)c1ccc(NCC2C(C)(C)C2(C)C)cc1. The summed E-state index contributed by atoms with van der Waals surface area (Å²) in [4.78, 5) is 11.6. The minimum atomic E-state index is 0.205. The summed E-state index contributed by atoms with van der Waals surface area (Å²) in [5.74, 6) is 0.910. The third-order valence-corrected chi connectivity index (χ3v) is 5.36. The number of Topliss-reactive ketones (excluding diaryl/α,β-unsaturated/α-hetero) is 1. The number of rotatable bonds is 5. The number of carbonyl (C=O) groups is 1. The van der Waals surface area contributed by atoms with Crippen LogP contribution in [0.15, 0.2) is 24.3 Å². The maximum Gasteiger partial charge on any atom is 0.162 e. The lowest BCUT2D eigenvalue weighted by molar-refractivity contribution is 0.0988. The summed E-state index contributed by atoms with van der Waals surface area (Å²) in [6.07, 6.45) is 0.567. The lowest BCUT2D eigenvalue weighted by atomic mass is 10.0. The molecule has 1 aromatic carbocycles. The first-order chi connectivity index (χ1) is 8.80. The second-order valence-electron chi connectivity index (χ2n) is 6.73. The summed E-state index contributed by atoms with van der Waals surface area (Å²) >= 11 is 0. The topological polar surface area (TPSA) is 29.1 Å². The maximum absolute atomic E-state index is 11.6. The first-order valence-electron chi connectivity index (χ1n) is 7.18. The Morgan fingerprint density at radius 3 is 2.05 bits per heavy atom. The highest BCUT2D eigenvalue weighted by Crippen LogP contribution is 2.68. The van der Waals surface area contributed by atoms with Crippen LogP contribution in [-0.4, -0.2) is 12.3 Å². The van der Waals surface area contributed by atoms with Crippen LogP contribution >= 0.6 is 0 Å². The molecule has 2 nitrogen and oxygen atoms in total. The average molecular weight is 259 g/mol. The highest BCUT2D eigenvalue weighted by atomic mass is 16.1. The molecular formula is C17H25NO. The Morgan fingerprint density at radius 2 is 1.63 bits per heavy atom. The van der Waals surface area contributed by atoms with Crippen molar-refractivity contribution in [3.05, 3.63) is 29.8 Å². The van der Waals surface area contributed by atoms with Crippen molar-refractivity contribution in [2.24, 2.45) is 16.7 Å². The van der Waals surface area contributed by atoms with E-state index >= 15 is 0 Å². The van der Waals surface area contributed by atoms with E-state index in [-0.39, 0.29) is 5.78 Å². The van der Waals surface area contributed by atoms with Gasteiger partial charge in [0.05, 0.1) is 0 Å². The highest BCUT2D eigenvalue weighted by molar-refractivity contribution is 5.96. The molecule has 0 radical (unpaired) electrons. The number of hydrogen-bond donors (Lipinski definition) is 1. The summed E-state index contributed by atoms with van der Waals surface area (Å²) in [6.45, 7) is 12.2. The lowest BCUT2D eigenvalue weighted by Crippen LogP contribution is -2.08. The van der Waals surface area contributed by atoms with Crippen LogP contribution in [0.5, 0.6) is 0 Å². The number of benzene rings is 1. The van der Waals surface area contributed by atoms with Gasteiger partial charge in [0.2, 0.25) is 0 Å². The Morgan fingerprint density at radius 1 is 1.11 bits per heavy atom. The van der Waals surface area contributed by atoms with Crippen molar-refractivity contribution in [2.75, 3.05) is 11.9 Å². The molecule has 0 atom stereocenters. The highest BCUT2D eigenvalue weighted by Gasteiger charge is 2.63. The molecule has 1 N–H and O–H groups in total. The minimum Gasteiger partial charge on any atom is -0.385 e. The molecule has 19 heavy (non-hydrogen) atoms. The van der Waals surface area contributed by atoms with E-state index in [0.29, 0.717) is 23.2 Å². The molecule has 1 fully saturated rings. The molecule has 104 valence electrons. The van der Waals surface area contributed by atoms with Gasteiger partial charge in [-0.1, -0.05) is 34.6 Å². The summed E-state index contributed by atoms with van der Waals surface area (Å²) in [5, 5.41) is 3.49. The van der Waals surface area contributed by atoms with Crippen molar-refractivity contribution in [3.63, 3.8) is 0 Å². The molecule has 1 aromatic rings. The van der Waals surface area contributed by atoms with E-state index in [1.807, 2.05) is 31.2 Å². The van der Waals surface area contributed by atoms with Crippen LogP contribution < -0.4 is 5.32 Å². The molecule has 0 bridgehead atoms. The van der Waals surface area contributed by atoms with Crippen LogP contribution in [0.4, 0.5) is 5.69 Å². The summed E-state index contributed by atoms with van der Waals surface area (Å²) in [6, 6.07) is 7.84. The van der Waals surface area contributed by atoms with Crippen molar-refractivity contribution in [2.45, 2.75) is 41.0 Å². The van der Waals surface area contributed by atoms with Crippen molar-refractivity contribution in [1.29, 1.82) is 0 Å². The number of ketones is 1. The van der Waals surface area contributed by atoms with Gasteiger partial charge in [-0.05, 0) is 41.0 Å². The van der Waals surface area contributed by atoms with E-state index < -0.39 is 0 Å². The summed E-state index contributed by atoms with van der Waals surface area (Å²) in [5.41, 5.74) is 2.74. The number of carbonyl (C=O) groups excluding carboxylic acids is 1. The fraction of sp³-hybridized carbons (Fsp3) is 0.588. The number of nitrogens with one attached hydrogen (secondary N) is 1. The largest absolute Gasteiger partial charge is 0.385 e. The molecule has 2 heteroatoms. The van der Waals surface area contributed by atoms with E-state index in [9.17, 15) is 4.79 Å². The fourth-order valence-corrected chi connectivity index (χ4v) is 3.04. The molecule has 0 heterocycles. The molecule has 2 rings (SSSR count). The van der Waals surface area contributed by atoms with Gasteiger partial charge in [0.15, 0.2) is 5.78 Å². The first kappa shape index (κ1) is 14.1. The number of hydrogen-bond acceptors (Lipinski definition) is 2. The van der Waals surface area contributed by atoms with Crippen LogP contribution in [0.25, 0.3) is 0 Å². The molecule has 0 unspecified atom stereocenters. The van der Waals surface area contributed by atoms with Gasteiger partial charge >= 0.3 is 0 Å². The smallest absolute Gasteiger partial charge is 0.162 e. The van der Waals surface area contributed by atoms with E-state index in [2.05, 4.69) is 33.0 Å². The van der Waals surface area contributed by atoms with Crippen LogP contribution in [0.1, 0.15) is 51.4 Å². The zero-order chi connectivity index (χ0) is 14.3. The van der Waals surface area contributed by atoms with Crippen molar-refractivity contribution < 1.29 is 4.79 Å². The third kappa shape index (κ3) is 2.41. The zero-order valence-electron chi connectivity index (χ0n) is 12.7. The molecule has 1 aliphatic rings. The van der Waals surface area contributed by atoms with Gasteiger partial charge in [-0.15, -0.1) is 0 Å². The first-order valence-corrected chi connectivity index (χ1v) is 7.18. The Labute approximate surface area is 116 Å². The van der Waals surface area contributed by atoms with E-state index in [4.69, 9.17) is 0 Å². The van der Waals surface area contributed by atoms with Crippen molar-refractivity contribution >= 4 is 11.5 Å². The molecule has 0 amide bonds. The van der Waals surface area contributed by atoms with Gasteiger partial charge in [0, 0.05) is 24.2 Å². The predicted molar refractivity (Wildman–Crippen MR) is 80.6 cm³/mol. The molecule has 1 aliphatic carbocycles. The lowest BCUT2D eigenvalue weighted by Gasteiger charge is -2.08. The molecular weight excluding hydrogens is 234 g/mol. The monoisotopic (exact) mass is 259 g/mol. The van der Waals surface area contributed by atoms with Gasteiger partial charge in [-0.3, -0.25) is 4.79 Å². The average Bonchev–Trinajstić information content (AvgIpc) is 2.77. The molecule has 0 aliphatic heterocycles. The maximum atomic E-state index is 11.6. The quantitative estimate of drug-likeness (QED) is 0.795. The Kier molecular flexibility index (Phi) is 3.46. The molecule has 1 saturated carbocycles. The van der Waals surface area contributed by atoms with Gasteiger partial charge in [-0.25, -0.2) is 0 Å². The molecule has 0 aromatic heterocycles. The van der Waals surface area contributed by atoms with Crippen LogP contribution in [-0.2, 0) is 0 Å². The van der Waals surface area contributed by atoms with Gasteiger partial charge < -0.3 is 5.32 Å². The van der Waals surface area contributed by atoms with Crippen LogP contribution in [0.3, 0.4) is 0 Å². The number of anilines is 1. The van der Waals surface area contributed by atoms with Gasteiger partial charge in [0.1, 0.15) is 0 Å². The summed E-state index contributed by atoms with van der Waals surface area (Å²) < 4.78 is 0. The van der Waals surface area contributed by atoms with Crippen molar-refractivity contribution in [3.8, 4) is 0 Å². The normalized spacial score (nSPS) is 20.1. The minimum absolute atomic E-state index is 0.205. The molecule has 0 saturated heterocycles. The van der Waals surface area contributed by atoms with Gasteiger partial charge in [0.25, 0.3) is 0 Å². The predicted octanol–water partition coefficient (Wildman–Crippen LogP) is 4.37. The second-order valence-corrected chi connectivity index (χ2v) is 6.73. The standard InChI is InChI=1S/C17H25NO/c1-6-14(19)12-7-9-13(10-8-12)18-11-15-16(2,3)17(15,4)5/h7-10,15,18H,6,11H2,1-5H3. The van der Waals surface area contributed by atoms with E-state index in [1.165, 1.54) is 0 Å². The Hall–Kier alpha value is -1.31. The Bertz CT molecular complexity index is 457. The fourth-order valence-electron chi connectivity index (χ4n) is 3.04. The van der Waals surface area contributed by atoms with Crippen LogP contribution in [0, 0.1) is 16.7 Å².